The maximum absolute atomic E-state index is 13.2. The Bertz CT molecular complexity index is 1060. The van der Waals surface area contributed by atoms with Gasteiger partial charge in [-0.05, 0) is 41.6 Å². The quantitative estimate of drug-likeness (QED) is 0.547. The first kappa shape index (κ1) is 16.9. The maximum atomic E-state index is 13.2. The van der Waals surface area contributed by atoms with Crippen LogP contribution in [0.25, 0.3) is 10.2 Å². The van der Waals surface area contributed by atoms with Crippen LogP contribution in [-0.2, 0) is 13.0 Å². The molecule has 0 spiro atoms. The number of hydrogen-bond donors (Lipinski definition) is 1. The van der Waals surface area contributed by atoms with E-state index < -0.39 is 0 Å². The lowest BCUT2D eigenvalue weighted by molar-refractivity contribution is 0.101. The van der Waals surface area contributed by atoms with E-state index in [0.29, 0.717) is 17.4 Å². The summed E-state index contributed by atoms with van der Waals surface area (Å²) in [7, 11) is 0. The number of amides is 1. The molecule has 3 aromatic heterocycles. The van der Waals surface area contributed by atoms with Crippen LogP contribution in [0.15, 0.2) is 41.8 Å². The van der Waals surface area contributed by atoms with Gasteiger partial charge in [-0.1, -0.05) is 30.4 Å². The summed E-state index contributed by atoms with van der Waals surface area (Å²) in [5.74, 6) is -0.503. The molecule has 0 aliphatic rings. The number of aryl methyl sites for hydroxylation is 1. The normalized spacial score (nSPS) is 11.2. The Kier molecular flexibility index (Phi) is 4.52. The zero-order chi connectivity index (χ0) is 18.1. The number of aromatic nitrogens is 3. The molecule has 26 heavy (non-hydrogen) atoms. The second kappa shape index (κ2) is 6.97. The summed E-state index contributed by atoms with van der Waals surface area (Å²) < 4.78 is 16.1. The summed E-state index contributed by atoms with van der Waals surface area (Å²) in [5, 5.41) is 14.2. The highest BCUT2D eigenvalue weighted by Gasteiger charge is 2.18. The van der Waals surface area contributed by atoms with Gasteiger partial charge in [0, 0.05) is 6.54 Å². The number of nitrogens with one attached hydrogen (secondary N) is 1. The number of carbonyl (C=O) groups excluding carboxylic acids is 1. The zero-order valence-electron chi connectivity index (χ0n) is 13.9. The lowest BCUT2D eigenvalue weighted by Crippen LogP contribution is -2.17. The predicted molar refractivity (Wildman–Crippen MR) is 103 cm³/mol. The number of rotatable bonds is 5. The van der Waals surface area contributed by atoms with Gasteiger partial charge >= 0.3 is 0 Å². The lowest BCUT2D eigenvalue weighted by Gasteiger charge is -2.10. The van der Waals surface area contributed by atoms with Crippen LogP contribution in [0.1, 0.15) is 28.0 Å². The number of hydrogen-bond acceptors (Lipinski definition) is 5. The minimum atomic E-state index is -0.275. The van der Waals surface area contributed by atoms with E-state index in [9.17, 15) is 9.18 Å². The van der Waals surface area contributed by atoms with Gasteiger partial charge in [-0.2, -0.15) is 0 Å². The van der Waals surface area contributed by atoms with Crippen molar-refractivity contribution in [3.63, 3.8) is 0 Å². The van der Waals surface area contributed by atoms with Crippen molar-refractivity contribution < 1.29 is 9.18 Å². The molecule has 0 fully saturated rings. The predicted octanol–water partition coefficient (Wildman–Crippen LogP) is 4.56. The molecule has 3 heterocycles. The molecule has 4 aromatic rings. The summed E-state index contributed by atoms with van der Waals surface area (Å²) in [6.07, 6.45) is 0.782. The average molecular weight is 386 g/mol. The van der Waals surface area contributed by atoms with Crippen LogP contribution in [0.4, 0.5) is 9.52 Å². The molecule has 0 bridgehead atoms. The van der Waals surface area contributed by atoms with Gasteiger partial charge in [0.25, 0.3) is 5.91 Å². The number of benzene rings is 1. The standard InChI is InChI=1S/C18H15FN4OS2/c1-2-16-21-22-18(26-16)20-17(24)14-9-15-13(7-8-25-15)23(14)10-11-3-5-12(19)6-4-11/h3-9H,2,10H2,1H3,(H,20,22,24). The van der Waals surface area contributed by atoms with Crippen LogP contribution in [0.3, 0.4) is 0 Å². The fraction of sp³-hybridized carbons (Fsp3) is 0.167. The van der Waals surface area contributed by atoms with Crippen molar-refractivity contribution in [2.24, 2.45) is 0 Å². The molecule has 0 unspecified atom stereocenters. The molecule has 132 valence electrons. The van der Waals surface area contributed by atoms with E-state index in [0.717, 1.165) is 27.2 Å². The van der Waals surface area contributed by atoms with Gasteiger partial charge in [0.15, 0.2) is 0 Å². The molecule has 1 amide bonds. The monoisotopic (exact) mass is 386 g/mol. The lowest BCUT2D eigenvalue weighted by atomic mass is 10.2. The molecule has 0 aliphatic carbocycles. The van der Waals surface area contributed by atoms with E-state index in [-0.39, 0.29) is 11.7 Å². The highest BCUT2D eigenvalue weighted by molar-refractivity contribution is 7.17. The molecule has 1 N–H and O–H groups in total. The second-order valence-electron chi connectivity index (χ2n) is 5.72. The van der Waals surface area contributed by atoms with E-state index >= 15 is 0 Å². The van der Waals surface area contributed by atoms with Crippen LogP contribution < -0.4 is 5.32 Å². The van der Waals surface area contributed by atoms with Crippen molar-refractivity contribution in [1.29, 1.82) is 0 Å². The molecular formula is C18H15FN4OS2. The van der Waals surface area contributed by atoms with Crippen LogP contribution >= 0.6 is 22.7 Å². The molecule has 0 radical (unpaired) electrons. The molecule has 0 atom stereocenters. The summed E-state index contributed by atoms with van der Waals surface area (Å²) in [6.45, 7) is 2.48. The Morgan fingerprint density at radius 3 is 2.77 bits per heavy atom. The maximum Gasteiger partial charge on any atom is 0.274 e. The van der Waals surface area contributed by atoms with Crippen molar-refractivity contribution in [2.75, 3.05) is 5.32 Å². The van der Waals surface area contributed by atoms with E-state index in [1.165, 1.54) is 23.5 Å². The molecule has 1 aromatic carbocycles. The highest BCUT2D eigenvalue weighted by Crippen LogP contribution is 2.27. The van der Waals surface area contributed by atoms with Crippen molar-refractivity contribution in [3.8, 4) is 0 Å². The fourth-order valence-electron chi connectivity index (χ4n) is 2.72. The van der Waals surface area contributed by atoms with E-state index in [4.69, 9.17) is 0 Å². The third kappa shape index (κ3) is 3.25. The third-order valence-electron chi connectivity index (χ3n) is 4.00. The topological polar surface area (TPSA) is 59.8 Å². The number of nitrogens with zero attached hydrogens (tertiary/aromatic N) is 3. The van der Waals surface area contributed by atoms with Gasteiger partial charge < -0.3 is 4.57 Å². The van der Waals surface area contributed by atoms with Gasteiger partial charge in [0.2, 0.25) is 5.13 Å². The Balaban J connectivity index is 1.66. The smallest absolute Gasteiger partial charge is 0.274 e. The molecular weight excluding hydrogens is 371 g/mol. The number of anilines is 1. The first-order valence-corrected chi connectivity index (χ1v) is 9.78. The highest BCUT2D eigenvalue weighted by atomic mass is 32.1. The molecule has 0 saturated carbocycles. The summed E-state index contributed by atoms with van der Waals surface area (Å²) in [6, 6.07) is 10.2. The van der Waals surface area contributed by atoms with E-state index in [2.05, 4.69) is 15.5 Å². The van der Waals surface area contributed by atoms with Crippen LogP contribution in [0, 0.1) is 5.82 Å². The molecule has 4 rings (SSSR count). The SMILES string of the molecule is CCc1nnc(NC(=O)c2cc3sccc3n2Cc2ccc(F)cc2)s1. The van der Waals surface area contributed by atoms with Crippen molar-refractivity contribution in [1.82, 2.24) is 14.8 Å². The first-order chi connectivity index (χ1) is 12.6. The molecule has 0 aliphatic heterocycles. The fourth-order valence-corrected chi connectivity index (χ4v) is 4.21. The third-order valence-corrected chi connectivity index (χ3v) is 5.84. The summed E-state index contributed by atoms with van der Waals surface area (Å²) in [4.78, 5) is 12.8. The zero-order valence-corrected chi connectivity index (χ0v) is 15.5. The summed E-state index contributed by atoms with van der Waals surface area (Å²) >= 11 is 2.95. The number of thiophene rings is 1. The van der Waals surface area contributed by atoms with Crippen LogP contribution in [0.2, 0.25) is 0 Å². The average Bonchev–Trinajstić information content (AvgIpc) is 3.34. The van der Waals surface area contributed by atoms with Crippen LogP contribution in [0.5, 0.6) is 0 Å². The number of fused-ring (bicyclic) bond motifs is 1. The molecule has 0 saturated heterocycles. The Hall–Kier alpha value is -2.58. The number of halogens is 1. The van der Waals surface area contributed by atoms with Gasteiger partial charge in [-0.15, -0.1) is 21.5 Å². The Morgan fingerprint density at radius 1 is 1.23 bits per heavy atom. The summed E-state index contributed by atoms with van der Waals surface area (Å²) in [5.41, 5.74) is 2.45. The van der Waals surface area contributed by atoms with Crippen molar-refractivity contribution in [3.05, 3.63) is 63.9 Å². The van der Waals surface area contributed by atoms with Gasteiger partial charge in [0.1, 0.15) is 16.5 Å². The first-order valence-electron chi connectivity index (χ1n) is 8.09. The second-order valence-corrected chi connectivity index (χ2v) is 7.73. The Morgan fingerprint density at radius 2 is 2.04 bits per heavy atom. The Labute approximate surface area is 157 Å². The van der Waals surface area contributed by atoms with Gasteiger partial charge in [-0.25, -0.2) is 4.39 Å². The van der Waals surface area contributed by atoms with Crippen molar-refractivity contribution in [2.45, 2.75) is 19.9 Å². The largest absolute Gasteiger partial charge is 0.331 e. The minimum absolute atomic E-state index is 0.227. The van der Waals surface area contributed by atoms with E-state index in [1.807, 2.05) is 29.0 Å². The van der Waals surface area contributed by atoms with Gasteiger partial charge in [0.05, 0.1) is 10.2 Å². The molecule has 8 heteroatoms. The molecule has 5 nitrogen and oxygen atoms in total. The van der Waals surface area contributed by atoms with Gasteiger partial charge in [-0.3, -0.25) is 10.1 Å². The van der Waals surface area contributed by atoms with Crippen molar-refractivity contribution >= 4 is 43.9 Å². The van der Waals surface area contributed by atoms with Crippen LogP contribution in [-0.4, -0.2) is 20.7 Å². The number of carbonyl (C=O) groups is 1. The van der Waals surface area contributed by atoms with E-state index in [1.54, 1.807) is 23.5 Å². The minimum Gasteiger partial charge on any atom is -0.331 e.